The molecule has 2 heterocycles. The number of rotatable bonds is 6. The molecule has 0 spiro atoms. The van der Waals surface area contributed by atoms with E-state index in [9.17, 15) is 13.2 Å². The van der Waals surface area contributed by atoms with Gasteiger partial charge in [0.25, 0.3) is 0 Å². The Labute approximate surface area is 190 Å². The first-order valence-corrected chi connectivity index (χ1v) is 12.3. The Hall–Kier alpha value is -1.36. The summed E-state index contributed by atoms with van der Waals surface area (Å²) in [4.78, 5) is 18.9. The van der Waals surface area contributed by atoms with Gasteiger partial charge in [-0.15, -0.1) is 0 Å². The van der Waals surface area contributed by atoms with Gasteiger partial charge in [-0.2, -0.15) is 4.31 Å². The van der Waals surface area contributed by atoms with E-state index in [0.29, 0.717) is 41.9 Å². The molecule has 30 heavy (non-hydrogen) atoms. The zero-order valence-corrected chi connectivity index (χ0v) is 19.7. The highest BCUT2D eigenvalue weighted by molar-refractivity contribution is 8.00. The SMILES string of the molecule is C[C@H](Sc1ccc(S(=O)(=O)N2CCN(C)CC2)cn1)C(=O)Nc1cccc(Cl)c1Cl. The van der Waals surface area contributed by atoms with Crippen molar-refractivity contribution in [2.24, 2.45) is 0 Å². The van der Waals surface area contributed by atoms with Crippen LogP contribution in [0.3, 0.4) is 0 Å². The number of nitrogens with zero attached hydrogens (tertiary/aromatic N) is 3. The number of sulfonamides is 1. The number of thioether (sulfide) groups is 1. The van der Waals surface area contributed by atoms with Crippen LogP contribution in [0.25, 0.3) is 0 Å². The predicted molar refractivity (Wildman–Crippen MR) is 121 cm³/mol. The van der Waals surface area contributed by atoms with Crippen molar-refractivity contribution in [2.75, 3.05) is 38.5 Å². The number of anilines is 1. The van der Waals surface area contributed by atoms with E-state index < -0.39 is 15.3 Å². The van der Waals surface area contributed by atoms with Gasteiger partial charge >= 0.3 is 0 Å². The second-order valence-electron chi connectivity index (χ2n) is 6.89. The lowest BCUT2D eigenvalue weighted by atomic mass is 10.3. The first-order valence-electron chi connectivity index (χ1n) is 9.25. The summed E-state index contributed by atoms with van der Waals surface area (Å²) in [5.74, 6) is -0.264. The number of amides is 1. The third-order valence-electron chi connectivity index (χ3n) is 4.69. The Morgan fingerprint density at radius 3 is 2.50 bits per heavy atom. The molecule has 1 aromatic carbocycles. The summed E-state index contributed by atoms with van der Waals surface area (Å²) in [6.07, 6.45) is 1.34. The van der Waals surface area contributed by atoms with Crippen molar-refractivity contribution < 1.29 is 13.2 Å². The van der Waals surface area contributed by atoms with E-state index in [-0.39, 0.29) is 15.8 Å². The van der Waals surface area contributed by atoms with Crippen LogP contribution < -0.4 is 5.32 Å². The Balaban J connectivity index is 1.63. The van der Waals surface area contributed by atoms with Crippen molar-refractivity contribution in [3.8, 4) is 0 Å². The summed E-state index contributed by atoms with van der Waals surface area (Å²) in [5.41, 5.74) is 0.434. The lowest BCUT2D eigenvalue weighted by molar-refractivity contribution is -0.115. The molecule has 1 aliphatic rings. The number of nitrogens with one attached hydrogen (secondary N) is 1. The standard InChI is InChI=1S/C19H22Cl2N4O3S2/c1-13(19(26)23-16-5-3-4-15(20)18(16)21)29-17-7-6-14(12-22-17)30(27,28)25-10-8-24(2)9-11-25/h3-7,12-13H,8-11H2,1-2H3,(H,23,26)/t13-/m0/s1. The van der Waals surface area contributed by atoms with Gasteiger partial charge in [0, 0.05) is 32.4 Å². The Morgan fingerprint density at radius 2 is 1.87 bits per heavy atom. The maximum absolute atomic E-state index is 12.8. The van der Waals surface area contributed by atoms with Crippen LogP contribution in [0.4, 0.5) is 5.69 Å². The van der Waals surface area contributed by atoms with Crippen LogP contribution in [0.15, 0.2) is 46.5 Å². The number of pyridine rings is 1. The first kappa shape index (κ1) is 23.3. The molecule has 162 valence electrons. The molecule has 0 unspecified atom stereocenters. The van der Waals surface area contributed by atoms with Crippen LogP contribution in [0, 0.1) is 0 Å². The van der Waals surface area contributed by atoms with E-state index in [1.165, 1.54) is 28.3 Å². The second kappa shape index (κ2) is 9.84. The molecule has 0 aliphatic carbocycles. The lowest BCUT2D eigenvalue weighted by Crippen LogP contribution is -2.47. The molecule has 1 aromatic heterocycles. The van der Waals surface area contributed by atoms with E-state index in [4.69, 9.17) is 23.2 Å². The van der Waals surface area contributed by atoms with Gasteiger partial charge in [-0.1, -0.05) is 41.0 Å². The highest BCUT2D eigenvalue weighted by Gasteiger charge is 2.28. The maximum atomic E-state index is 12.8. The third-order valence-corrected chi connectivity index (χ3v) is 8.44. The first-order chi connectivity index (χ1) is 14.2. The smallest absolute Gasteiger partial charge is 0.244 e. The van der Waals surface area contributed by atoms with Crippen molar-refractivity contribution in [1.29, 1.82) is 0 Å². The van der Waals surface area contributed by atoms with E-state index in [1.54, 1.807) is 31.2 Å². The van der Waals surface area contributed by atoms with Gasteiger partial charge in [-0.3, -0.25) is 4.79 Å². The van der Waals surface area contributed by atoms with Crippen molar-refractivity contribution in [1.82, 2.24) is 14.2 Å². The van der Waals surface area contributed by atoms with Gasteiger partial charge < -0.3 is 10.2 Å². The topological polar surface area (TPSA) is 82.6 Å². The van der Waals surface area contributed by atoms with Crippen molar-refractivity contribution >= 4 is 56.6 Å². The van der Waals surface area contributed by atoms with Crippen LogP contribution >= 0.6 is 35.0 Å². The molecule has 3 rings (SSSR count). The van der Waals surface area contributed by atoms with Gasteiger partial charge in [0.1, 0.15) is 4.90 Å². The zero-order valence-electron chi connectivity index (χ0n) is 16.5. The number of halogens is 2. The normalized spacial score (nSPS) is 16.9. The van der Waals surface area contributed by atoms with Crippen molar-refractivity contribution in [2.45, 2.75) is 22.1 Å². The Morgan fingerprint density at radius 1 is 1.17 bits per heavy atom. The quantitative estimate of drug-likeness (QED) is 0.626. The van der Waals surface area contributed by atoms with Gasteiger partial charge in [0.2, 0.25) is 15.9 Å². The molecule has 0 saturated carbocycles. The molecule has 0 radical (unpaired) electrons. The number of benzene rings is 1. The third kappa shape index (κ3) is 5.46. The molecule has 1 atom stereocenters. The van der Waals surface area contributed by atoms with Crippen LogP contribution in [-0.2, 0) is 14.8 Å². The fourth-order valence-electron chi connectivity index (χ4n) is 2.84. The molecule has 1 N–H and O–H groups in total. The van der Waals surface area contributed by atoms with E-state index in [1.807, 2.05) is 7.05 Å². The molecule has 2 aromatic rings. The minimum atomic E-state index is -3.57. The number of carbonyl (C=O) groups excluding carboxylic acids is 1. The van der Waals surface area contributed by atoms with Crippen LogP contribution in [0.5, 0.6) is 0 Å². The summed E-state index contributed by atoms with van der Waals surface area (Å²) in [7, 11) is -1.60. The Bertz CT molecular complexity index is 1010. The molecule has 7 nitrogen and oxygen atoms in total. The summed E-state index contributed by atoms with van der Waals surface area (Å²) in [6, 6.07) is 8.15. The Kier molecular flexibility index (Phi) is 7.65. The van der Waals surface area contributed by atoms with E-state index in [0.717, 1.165) is 0 Å². The lowest BCUT2D eigenvalue weighted by Gasteiger charge is -2.31. The number of likely N-dealkylation sites (N-methyl/N-ethyl adjacent to an activating group) is 1. The summed E-state index contributed by atoms with van der Waals surface area (Å²) in [5, 5.41) is 3.45. The zero-order chi connectivity index (χ0) is 21.9. The van der Waals surface area contributed by atoms with Gasteiger partial charge in [0.05, 0.1) is 26.0 Å². The van der Waals surface area contributed by atoms with Gasteiger partial charge in [-0.25, -0.2) is 13.4 Å². The number of piperazine rings is 1. The highest BCUT2D eigenvalue weighted by atomic mass is 35.5. The van der Waals surface area contributed by atoms with Crippen LogP contribution in [0.2, 0.25) is 10.0 Å². The van der Waals surface area contributed by atoms with Crippen molar-refractivity contribution in [3.05, 3.63) is 46.6 Å². The largest absolute Gasteiger partial charge is 0.324 e. The summed E-state index contributed by atoms with van der Waals surface area (Å²) < 4.78 is 27.0. The molecule has 1 saturated heterocycles. The molecule has 1 amide bonds. The predicted octanol–water partition coefficient (Wildman–Crippen LogP) is 3.44. The average molecular weight is 489 g/mol. The number of hydrogen-bond donors (Lipinski definition) is 1. The minimum Gasteiger partial charge on any atom is -0.324 e. The summed E-state index contributed by atoms with van der Waals surface area (Å²) >= 11 is 13.3. The average Bonchev–Trinajstić information content (AvgIpc) is 2.72. The van der Waals surface area contributed by atoms with Crippen molar-refractivity contribution in [3.63, 3.8) is 0 Å². The fourth-order valence-corrected chi connectivity index (χ4v) is 5.34. The number of carbonyl (C=O) groups is 1. The van der Waals surface area contributed by atoms with Crippen LogP contribution in [-0.4, -0.2) is 67.0 Å². The van der Waals surface area contributed by atoms with Gasteiger partial charge in [0.15, 0.2) is 0 Å². The number of aromatic nitrogens is 1. The molecule has 1 aliphatic heterocycles. The summed E-state index contributed by atoms with van der Waals surface area (Å²) in [6.45, 7) is 4.04. The molecular formula is C19H22Cl2N4O3S2. The molecule has 11 heteroatoms. The molecule has 0 bridgehead atoms. The number of hydrogen-bond acceptors (Lipinski definition) is 6. The minimum absolute atomic E-state index is 0.152. The maximum Gasteiger partial charge on any atom is 0.244 e. The molecular weight excluding hydrogens is 467 g/mol. The van der Waals surface area contributed by atoms with E-state index >= 15 is 0 Å². The van der Waals surface area contributed by atoms with E-state index in [2.05, 4.69) is 15.2 Å². The molecule has 1 fully saturated rings. The monoisotopic (exact) mass is 488 g/mol. The van der Waals surface area contributed by atoms with Crippen LogP contribution in [0.1, 0.15) is 6.92 Å². The fraction of sp³-hybridized carbons (Fsp3) is 0.368. The van der Waals surface area contributed by atoms with Gasteiger partial charge in [-0.05, 0) is 38.2 Å². The second-order valence-corrected chi connectivity index (χ2v) is 11.0. The highest BCUT2D eigenvalue weighted by Crippen LogP contribution is 2.31.